The van der Waals surface area contributed by atoms with Crippen molar-refractivity contribution in [1.29, 1.82) is 0 Å². The molecule has 0 radical (unpaired) electrons. The predicted octanol–water partition coefficient (Wildman–Crippen LogP) is 1.84. The van der Waals surface area contributed by atoms with Crippen LogP contribution in [0.5, 0.6) is 0 Å². The van der Waals surface area contributed by atoms with Gasteiger partial charge in [0.05, 0.1) is 12.7 Å². The highest BCUT2D eigenvalue weighted by atomic mass is 16.4. The molecule has 2 aromatic rings. The van der Waals surface area contributed by atoms with Gasteiger partial charge in [0.2, 0.25) is 11.8 Å². The van der Waals surface area contributed by atoms with E-state index in [1.165, 1.54) is 0 Å². The van der Waals surface area contributed by atoms with Crippen molar-refractivity contribution in [3.05, 3.63) is 42.4 Å². The number of oxazole rings is 1. The van der Waals surface area contributed by atoms with Crippen LogP contribution in [0.25, 0.3) is 11.3 Å². The molecule has 1 amide bonds. The van der Waals surface area contributed by atoms with Crippen molar-refractivity contribution < 1.29 is 9.21 Å². The van der Waals surface area contributed by atoms with Crippen molar-refractivity contribution in [3.8, 4) is 11.3 Å². The smallest absolute Gasteiger partial charge is 0.225 e. The summed E-state index contributed by atoms with van der Waals surface area (Å²) in [5, 5.41) is 3.25. The van der Waals surface area contributed by atoms with Crippen LogP contribution in [0.4, 0.5) is 0 Å². The van der Waals surface area contributed by atoms with E-state index in [9.17, 15) is 4.79 Å². The number of benzene rings is 1. The van der Waals surface area contributed by atoms with Crippen molar-refractivity contribution in [2.45, 2.75) is 13.5 Å². The van der Waals surface area contributed by atoms with Gasteiger partial charge in [-0.05, 0) is 19.0 Å². The fourth-order valence-corrected chi connectivity index (χ4v) is 3.59. The molecule has 26 heavy (non-hydrogen) atoms. The van der Waals surface area contributed by atoms with Gasteiger partial charge in [-0.25, -0.2) is 4.98 Å². The lowest BCUT2D eigenvalue weighted by Crippen LogP contribution is -2.54. The Kier molecular flexibility index (Phi) is 5.04. The minimum atomic E-state index is 0.128. The van der Waals surface area contributed by atoms with Crippen LogP contribution >= 0.6 is 0 Å². The van der Waals surface area contributed by atoms with E-state index in [0.717, 1.165) is 56.5 Å². The Morgan fingerprint density at radius 1 is 1.23 bits per heavy atom. The zero-order valence-corrected chi connectivity index (χ0v) is 15.2. The van der Waals surface area contributed by atoms with Crippen LogP contribution in [0.15, 0.2) is 40.9 Å². The van der Waals surface area contributed by atoms with Crippen molar-refractivity contribution in [3.63, 3.8) is 0 Å². The summed E-state index contributed by atoms with van der Waals surface area (Å²) >= 11 is 0. The summed E-state index contributed by atoms with van der Waals surface area (Å²) < 4.78 is 5.90. The molecule has 6 heteroatoms. The zero-order valence-electron chi connectivity index (χ0n) is 15.2. The molecule has 2 aliphatic heterocycles. The van der Waals surface area contributed by atoms with E-state index < -0.39 is 0 Å². The number of carbonyl (C=O) groups excluding carboxylic acids is 1. The van der Waals surface area contributed by atoms with Crippen LogP contribution in [0.2, 0.25) is 0 Å². The van der Waals surface area contributed by atoms with E-state index in [-0.39, 0.29) is 5.92 Å². The summed E-state index contributed by atoms with van der Waals surface area (Å²) in [5.74, 6) is 2.47. The summed E-state index contributed by atoms with van der Waals surface area (Å²) in [5.41, 5.74) is 1.04. The highest BCUT2D eigenvalue weighted by Gasteiger charge is 2.32. The summed E-state index contributed by atoms with van der Waals surface area (Å²) in [6.45, 7) is 8.01. The topological polar surface area (TPSA) is 61.6 Å². The monoisotopic (exact) mass is 354 g/mol. The zero-order chi connectivity index (χ0) is 17.9. The molecule has 2 aliphatic rings. The average Bonchev–Trinajstić information content (AvgIpc) is 3.09. The van der Waals surface area contributed by atoms with Crippen molar-refractivity contribution in [2.75, 3.05) is 39.3 Å². The molecule has 4 rings (SSSR count). The van der Waals surface area contributed by atoms with Crippen molar-refractivity contribution in [2.24, 2.45) is 11.8 Å². The number of hydrogen-bond acceptors (Lipinski definition) is 5. The maximum atomic E-state index is 12.6. The summed E-state index contributed by atoms with van der Waals surface area (Å²) in [7, 11) is 0. The lowest BCUT2D eigenvalue weighted by Gasteiger charge is -2.38. The van der Waals surface area contributed by atoms with Gasteiger partial charge in [-0.15, -0.1) is 0 Å². The minimum absolute atomic E-state index is 0.128. The van der Waals surface area contributed by atoms with Crippen LogP contribution in [0, 0.1) is 11.8 Å². The molecule has 2 saturated heterocycles. The first-order valence-corrected chi connectivity index (χ1v) is 9.42. The molecule has 1 aromatic carbocycles. The van der Waals surface area contributed by atoms with Crippen LogP contribution < -0.4 is 5.32 Å². The summed E-state index contributed by atoms with van der Waals surface area (Å²) in [6, 6.07) is 10.0. The molecule has 1 aromatic heterocycles. The molecule has 0 spiro atoms. The number of nitrogens with one attached hydrogen (secondary N) is 1. The van der Waals surface area contributed by atoms with E-state index in [1.807, 2.05) is 35.2 Å². The predicted molar refractivity (Wildman–Crippen MR) is 99.3 cm³/mol. The number of piperazine rings is 1. The number of nitrogens with zero attached hydrogens (tertiary/aromatic N) is 3. The van der Waals surface area contributed by atoms with Gasteiger partial charge >= 0.3 is 0 Å². The maximum absolute atomic E-state index is 12.6. The minimum Gasteiger partial charge on any atom is -0.439 e. The van der Waals surface area contributed by atoms with Gasteiger partial charge < -0.3 is 14.6 Å². The van der Waals surface area contributed by atoms with Crippen LogP contribution in [0.3, 0.4) is 0 Å². The average molecular weight is 354 g/mol. The molecule has 138 valence electrons. The van der Waals surface area contributed by atoms with Gasteiger partial charge in [0.25, 0.3) is 0 Å². The van der Waals surface area contributed by atoms with Crippen LogP contribution in [-0.4, -0.2) is 60.0 Å². The first-order chi connectivity index (χ1) is 12.7. The Balaban J connectivity index is 1.29. The van der Waals surface area contributed by atoms with Crippen LogP contribution in [-0.2, 0) is 11.3 Å². The molecule has 3 heterocycles. The Labute approximate surface area is 154 Å². The molecular formula is C20H26N4O2. The summed E-state index contributed by atoms with van der Waals surface area (Å²) in [4.78, 5) is 21.3. The van der Waals surface area contributed by atoms with E-state index in [1.54, 1.807) is 6.20 Å². The standard InChI is InChI=1S/C20H26N4O2/c1-15(17-11-21-12-17)20(25)24-9-7-23(8-10-24)14-19-22-13-18(26-19)16-5-3-2-4-6-16/h2-6,13,15,17,21H,7-12,14H2,1H3. The summed E-state index contributed by atoms with van der Waals surface area (Å²) in [6.07, 6.45) is 1.79. The molecule has 2 fully saturated rings. The molecule has 0 aliphatic carbocycles. The highest BCUT2D eigenvalue weighted by molar-refractivity contribution is 5.79. The lowest BCUT2D eigenvalue weighted by molar-refractivity contribution is -0.139. The lowest BCUT2D eigenvalue weighted by atomic mass is 9.88. The first kappa shape index (κ1) is 17.2. The molecule has 1 unspecified atom stereocenters. The highest BCUT2D eigenvalue weighted by Crippen LogP contribution is 2.22. The first-order valence-electron chi connectivity index (χ1n) is 9.42. The van der Waals surface area contributed by atoms with Gasteiger partial charge in [-0.2, -0.15) is 0 Å². The van der Waals surface area contributed by atoms with Crippen molar-refractivity contribution in [1.82, 2.24) is 20.1 Å². The van der Waals surface area contributed by atoms with Gasteiger partial charge in [-0.3, -0.25) is 9.69 Å². The van der Waals surface area contributed by atoms with Gasteiger partial charge in [0, 0.05) is 37.7 Å². The number of carbonyl (C=O) groups is 1. The fraction of sp³-hybridized carbons (Fsp3) is 0.500. The second-order valence-corrected chi connectivity index (χ2v) is 7.29. The SMILES string of the molecule is CC(C(=O)N1CCN(Cc2ncc(-c3ccccc3)o2)CC1)C1CNC1. The van der Waals surface area contributed by atoms with Crippen molar-refractivity contribution >= 4 is 5.91 Å². The molecular weight excluding hydrogens is 328 g/mol. The van der Waals surface area contributed by atoms with Gasteiger partial charge in [0.1, 0.15) is 0 Å². The molecule has 1 N–H and O–H groups in total. The Morgan fingerprint density at radius 3 is 2.62 bits per heavy atom. The van der Waals surface area contributed by atoms with E-state index in [4.69, 9.17) is 4.42 Å². The van der Waals surface area contributed by atoms with Gasteiger partial charge in [0.15, 0.2) is 5.76 Å². The third-order valence-corrected chi connectivity index (χ3v) is 5.56. The third-order valence-electron chi connectivity index (χ3n) is 5.56. The fourth-order valence-electron chi connectivity index (χ4n) is 3.59. The quantitative estimate of drug-likeness (QED) is 0.888. The van der Waals surface area contributed by atoms with E-state index in [0.29, 0.717) is 18.4 Å². The number of aromatic nitrogens is 1. The van der Waals surface area contributed by atoms with E-state index in [2.05, 4.69) is 22.1 Å². The van der Waals surface area contributed by atoms with E-state index >= 15 is 0 Å². The Hall–Kier alpha value is -2.18. The molecule has 0 bridgehead atoms. The number of rotatable bonds is 5. The van der Waals surface area contributed by atoms with Gasteiger partial charge in [-0.1, -0.05) is 37.3 Å². The second kappa shape index (κ2) is 7.60. The molecule has 6 nitrogen and oxygen atoms in total. The second-order valence-electron chi connectivity index (χ2n) is 7.29. The maximum Gasteiger partial charge on any atom is 0.225 e. The third kappa shape index (κ3) is 3.66. The van der Waals surface area contributed by atoms with Crippen LogP contribution in [0.1, 0.15) is 12.8 Å². The molecule has 1 atom stereocenters. The Morgan fingerprint density at radius 2 is 1.96 bits per heavy atom. The number of hydrogen-bond donors (Lipinski definition) is 1. The number of amides is 1. The largest absolute Gasteiger partial charge is 0.439 e. The molecule has 0 saturated carbocycles. The normalized spacial score (nSPS) is 20.0. The Bertz CT molecular complexity index is 733.